The molecule has 0 atom stereocenters. The summed E-state index contributed by atoms with van der Waals surface area (Å²) in [4.78, 5) is 11.4. The Kier molecular flexibility index (Phi) is 4.67. The first-order valence-electron chi connectivity index (χ1n) is 5.72. The highest BCUT2D eigenvalue weighted by Crippen LogP contribution is 2.34. The van der Waals surface area contributed by atoms with Crippen molar-refractivity contribution in [2.45, 2.75) is 0 Å². The molecule has 0 saturated heterocycles. The molecule has 0 bridgehead atoms. The molecule has 6 heteroatoms. The third kappa shape index (κ3) is 3.13. The van der Waals surface area contributed by atoms with Crippen LogP contribution in [-0.2, 0) is 4.74 Å². The lowest BCUT2D eigenvalue weighted by molar-refractivity contribution is 0.0601. The summed E-state index contributed by atoms with van der Waals surface area (Å²) in [6.45, 7) is 0. The zero-order chi connectivity index (χ0) is 14.7. The van der Waals surface area contributed by atoms with Crippen LogP contribution < -0.4 is 11.1 Å². The molecular weight excluding hydrogens is 388 g/mol. The van der Waals surface area contributed by atoms with Gasteiger partial charge in [-0.05, 0) is 62.2 Å². The monoisotopic (exact) mass is 398 g/mol. The second kappa shape index (κ2) is 6.28. The number of nitrogens with one attached hydrogen (secondary N) is 1. The second-order valence-electron chi connectivity index (χ2n) is 4.02. The van der Waals surface area contributed by atoms with Gasteiger partial charge in [0.15, 0.2) is 0 Å². The van der Waals surface area contributed by atoms with Crippen LogP contribution in [0.5, 0.6) is 0 Å². The zero-order valence-electron chi connectivity index (χ0n) is 10.6. The first-order valence-corrected chi connectivity index (χ1v) is 7.30. The van der Waals surface area contributed by atoms with E-state index in [0.29, 0.717) is 16.9 Å². The van der Waals surface area contributed by atoms with E-state index < -0.39 is 5.97 Å². The number of halogens is 2. The molecule has 20 heavy (non-hydrogen) atoms. The smallest absolute Gasteiger partial charge is 0.337 e. The summed E-state index contributed by atoms with van der Waals surface area (Å²) >= 11 is 6.94. The number of anilines is 3. The van der Waals surface area contributed by atoms with Gasteiger partial charge < -0.3 is 15.8 Å². The molecule has 2 rings (SSSR count). The lowest BCUT2D eigenvalue weighted by Crippen LogP contribution is -2.04. The van der Waals surface area contributed by atoms with Crippen molar-refractivity contribution in [3.8, 4) is 0 Å². The molecule has 0 aliphatic carbocycles. The summed E-state index contributed by atoms with van der Waals surface area (Å²) in [5.41, 5.74) is 8.43. The van der Waals surface area contributed by atoms with Crippen LogP contribution in [0.4, 0.5) is 17.1 Å². The highest BCUT2D eigenvalue weighted by molar-refractivity contribution is 9.11. The molecule has 0 spiro atoms. The number of esters is 1. The Morgan fingerprint density at radius 1 is 1.20 bits per heavy atom. The Balaban J connectivity index is 2.33. The fourth-order valence-corrected chi connectivity index (χ4v) is 2.87. The number of carbonyl (C=O) groups excluding carboxylic acids is 1. The minimum absolute atomic E-state index is 0.412. The van der Waals surface area contributed by atoms with E-state index >= 15 is 0 Å². The van der Waals surface area contributed by atoms with Gasteiger partial charge in [-0.15, -0.1) is 0 Å². The predicted octanol–water partition coefficient (Wildman–Crippen LogP) is 4.32. The third-order valence-corrected chi connectivity index (χ3v) is 4.02. The first-order chi connectivity index (χ1) is 9.52. The van der Waals surface area contributed by atoms with Gasteiger partial charge in [0.2, 0.25) is 0 Å². The van der Waals surface area contributed by atoms with Gasteiger partial charge in [0.05, 0.1) is 29.7 Å². The van der Waals surface area contributed by atoms with E-state index in [1.54, 1.807) is 18.2 Å². The predicted molar refractivity (Wildman–Crippen MR) is 87.3 cm³/mol. The summed E-state index contributed by atoms with van der Waals surface area (Å²) in [5, 5.41) is 3.22. The summed E-state index contributed by atoms with van der Waals surface area (Å²) in [6, 6.07) is 10.8. The average Bonchev–Trinajstić information content (AvgIpc) is 2.43. The van der Waals surface area contributed by atoms with Gasteiger partial charge >= 0.3 is 5.97 Å². The molecule has 0 saturated carbocycles. The van der Waals surface area contributed by atoms with Gasteiger partial charge in [-0.25, -0.2) is 4.79 Å². The van der Waals surface area contributed by atoms with Crippen LogP contribution in [0.25, 0.3) is 0 Å². The van der Waals surface area contributed by atoms with Crippen LogP contribution in [0.3, 0.4) is 0 Å². The van der Waals surface area contributed by atoms with Crippen LogP contribution in [0, 0.1) is 0 Å². The van der Waals surface area contributed by atoms with Crippen molar-refractivity contribution in [2.24, 2.45) is 0 Å². The summed E-state index contributed by atoms with van der Waals surface area (Å²) in [6.07, 6.45) is 0. The van der Waals surface area contributed by atoms with Crippen LogP contribution in [-0.4, -0.2) is 13.1 Å². The Bertz CT molecular complexity index is 639. The number of hydrogen-bond acceptors (Lipinski definition) is 4. The van der Waals surface area contributed by atoms with E-state index in [-0.39, 0.29) is 0 Å². The van der Waals surface area contributed by atoms with Gasteiger partial charge in [0, 0.05) is 8.95 Å². The summed E-state index contributed by atoms with van der Waals surface area (Å²) in [5.74, 6) is -0.412. The molecule has 0 fully saturated rings. The number of nitrogen functional groups attached to an aromatic ring is 1. The van der Waals surface area contributed by atoms with E-state index in [4.69, 9.17) is 5.73 Å². The lowest BCUT2D eigenvalue weighted by Gasteiger charge is -2.13. The molecule has 0 amide bonds. The Morgan fingerprint density at radius 3 is 2.40 bits per heavy atom. The van der Waals surface area contributed by atoms with Gasteiger partial charge in [0.25, 0.3) is 0 Å². The van der Waals surface area contributed by atoms with Gasteiger partial charge in [-0.3, -0.25) is 0 Å². The maximum Gasteiger partial charge on any atom is 0.337 e. The largest absolute Gasteiger partial charge is 0.465 e. The van der Waals surface area contributed by atoms with Crippen molar-refractivity contribution in [2.75, 3.05) is 18.2 Å². The summed E-state index contributed by atoms with van der Waals surface area (Å²) < 4.78 is 6.47. The molecule has 0 aromatic heterocycles. The van der Waals surface area contributed by atoms with Crippen molar-refractivity contribution in [1.29, 1.82) is 0 Å². The van der Waals surface area contributed by atoms with E-state index in [1.165, 1.54) is 7.11 Å². The number of benzene rings is 2. The number of carbonyl (C=O) groups is 1. The van der Waals surface area contributed by atoms with Crippen molar-refractivity contribution >= 4 is 54.9 Å². The molecule has 0 aliphatic heterocycles. The highest BCUT2D eigenvalue weighted by Gasteiger charge is 2.10. The highest BCUT2D eigenvalue weighted by atomic mass is 79.9. The van der Waals surface area contributed by atoms with E-state index in [2.05, 4.69) is 41.9 Å². The number of ether oxygens (including phenoxy) is 1. The number of para-hydroxylation sites is 1. The van der Waals surface area contributed by atoms with Crippen LogP contribution >= 0.6 is 31.9 Å². The number of rotatable bonds is 3. The van der Waals surface area contributed by atoms with Gasteiger partial charge in [-0.2, -0.15) is 0 Å². The van der Waals surface area contributed by atoms with E-state index in [0.717, 1.165) is 14.6 Å². The fourth-order valence-electron chi connectivity index (χ4n) is 1.67. The molecule has 2 aromatic rings. The number of hydrogen-bond donors (Lipinski definition) is 2. The quantitative estimate of drug-likeness (QED) is 0.595. The van der Waals surface area contributed by atoms with Crippen molar-refractivity contribution in [3.63, 3.8) is 0 Å². The second-order valence-corrected chi connectivity index (χ2v) is 5.72. The maximum atomic E-state index is 11.4. The number of nitrogens with two attached hydrogens (primary N) is 1. The molecule has 0 heterocycles. The average molecular weight is 400 g/mol. The minimum atomic E-state index is -0.412. The van der Waals surface area contributed by atoms with Crippen molar-refractivity contribution in [1.82, 2.24) is 0 Å². The van der Waals surface area contributed by atoms with Gasteiger partial charge in [-0.1, -0.05) is 6.07 Å². The molecular formula is C14H12Br2N2O2. The van der Waals surface area contributed by atoms with Crippen molar-refractivity contribution in [3.05, 3.63) is 50.9 Å². The third-order valence-electron chi connectivity index (χ3n) is 2.70. The zero-order valence-corrected chi connectivity index (χ0v) is 13.8. The molecule has 2 aromatic carbocycles. The van der Waals surface area contributed by atoms with E-state index in [1.807, 2.05) is 18.2 Å². The fraction of sp³-hybridized carbons (Fsp3) is 0.0714. The van der Waals surface area contributed by atoms with E-state index in [9.17, 15) is 4.79 Å². The molecule has 4 nitrogen and oxygen atoms in total. The van der Waals surface area contributed by atoms with Crippen LogP contribution in [0.1, 0.15) is 10.4 Å². The normalized spacial score (nSPS) is 10.2. The Hall–Kier alpha value is -1.53. The lowest BCUT2D eigenvalue weighted by atomic mass is 10.1. The Morgan fingerprint density at radius 2 is 1.85 bits per heavy atom. The topological polar surface area (TPSA) is 64.3 Å². The number of methoxy groups -OCH3 is 1. The maximum absolute atomic E-state index is 11.4. The minimum Gasteiger partial charge on any atom is -0.465 e. The van der Waals surface area contributed by atoms with Crippen molar-refractivity contribution < 1.29 is 9.53 Å². The molecule has 0 radical (unpaired) electrons. The standard InChI is InChI=1S/C14H12Br2N2O2/c1-20-14(19)8-5-6-12(11(17)7-8)18-13-9(15)3-2-4-10(13)16/h2-7,18H,17H2,1H3. The SMILES string of the molecule is COC(=O)c1ccc(Nc2c(Br)cccc2Br)c(N)c1. The van der Waals surface area contributed by atoms with Crippen LogP contribution in [0.15, 0.2) is 45.3 Å². The Labute approximate surface area is 133 Å². The molecule has 3 N–H and O–H groups in total. The molecule has 0 aliphatic rings. The molecule has 0 unspecified atom stereocenters. The van der Waals surface area contributed by atoms with Gasteiger partial charge in [0.1, 0.15) is 0 Å². The first kappa shape index (κ1) is 14.9. The van der Waals surface area contributed by atoms with Crippen LogP contribution in [0.2, 0.25) is 0 Å². The summed E-state index contributed by atoms with van der Waals surface area (Å²) in [7, 11) is 1.34. The molecule has 104 valence electrons.